The zero-order valence-corrected chi connectivity index (χ0v) is 38.4. The first-order chi connectivity index (χ1) is 25.6. The van der Waals surface area contributed by atoms with Crippen molar-refractivity contribution in [3.8, 4) is 0 Å². The minimum atomic E-state index is -2.04. The van der Waals surface area contributed by atoms with E-state index in [-0.39, 0.29) is 53.1 Å². The van der Waals surface area contributed by atoms with Gasteiger partial charge in [0.05, 0.1) is 25.4 Å². The first kappa shape index (κ1) is 50.7. The topological polar surface area (TPSA) is 95.4 Å². The molecule has 3 aromatic rings. The van der Waals surface area contributed by atoms with Gasteiger partial charge in [-0.2, -0.15) is 24.6 Å². The maximum atomic E-state index is 12.6. The molecule has 0 amide bonds. The first-order valence-electron chi connectivity index (χ1n) is 20.5. The van der Waals surface area contributed by atoms with Crippen LogP contribution in [0.2, 0.25) is 18.1 Å². The largest absolute Gasteiger partial charge is 2.00 e. The van der Waals surface area contributed by atoms with Gasteiger partial charge in [0.15, 0.2) is 14.1 Å². The third-order valence-electron chi connectivity index (χ3n) is 12.1. The van der Waals surface area contributed by atoms with Gasteiger partial charge < -0.3 is 47.2 Å². The number of hydrogen-bond acceptors (Lipinski definition) is 7. The van der Waals surface area contributed by atoms with Crippen molar-refractivity contribution in [3.63, 3.8) is 0 Å². The smallest absolute Gasteiger partial charge is 1.00 e. The maximum absolute atomic E-state index is 12.6. The summed E-state index contributed by atoms with van der Waals surface area (Å²) in [7, 11) is -2.04. The molecule has 2 bridgehead atoms. The summed E-state index contributed by atoms with van der Waals surface area (Å²) in [5, 5.41) is 12.6. The Kier molecular flexibility index (Phi) is 21.7. The quantitative estimate of drug-likeness (QED) is 0.167. The second kappa shape index (κ2) is 23.9. The predicted molar refractivity (Wildman–Crippen MR) is 230 cm³/mol. The second-order valence-electron chi connectivity index (χ2n) is 16.5. The standard InChI is InChI=1S/C35H53NO4Si.C7H7.C4H8O.ClH.Mg.H3N/c1-6-41(7-2,8-3)40-32-33(22-30-17-13-10-14-18-30)24-35(38-19-20-39-35)25-34(32,27-36(26-33)23-28(4)5)31(37)21-29-15-11-9-12-16-29;1-7-5-3-2-4-6-7;1-2-4-5-3-1;;;/h9-18,28,31-32,37H,6-8,19-27H2,1-5H3;2-6H,1H2;1-4H2;1H;;1H3/q;-1;;;+2;/p-1/t31-,32?,33?,34?;;;;;/m1...../s1. The molecule has 0 aromatic heterocycles. The number of benzene rings is 3. The number of rotatable bonds is 12. The van der Waals surface area contributed by atoms with Crippen molar-refractivity contribution in [2.24, 2.45) is 16.7 Å². The summed E-state index contributed by atoms with van der Waals surface area (Å²) in [5.41, 5.74) is 2.80. The maximum Gasteiger partial charge on any atom is 2.00 e. The summed E-state index contributed by atoms with van der Waals surface area (Å²) < 4.78 is 25.8. The summed E-state index contributed by atoms with van der Waals surface area (Å²) in [4.78, 5) is 2.65. The zero-order chi connectivity index (χ0) is 37.8. The Morgan fingerprint density at radius 2 is 1.30 bits per heavy atom. The van der Waals surface area contributed by atoms with Crippen LogP contribution in [0.4, 0.5) is 0 Å². The fourth-order valence-corrected chi connectivity index (χ4v) is 12.6. The van der Waals surface area contributed by atoms with E-state index < -0.39 is 25.6 Å². The Bertz CT molecular complexity index is 1460. The summed E-state index contributed by atoms with van der Waals surface area (Å²) in [6, 6.07) is 34.6. The third kappa shape index (κ3) is 13.0. The van der Waals surface area contributed by atoms with Gasteiger partial charge in [0.1, 0.15) is 0 Å². The number of likely N-dealkylation sites (tertiary alicyclic amines) is 1. The van der Waals surface area contributed by atoms with Crippen LogP contribution in [0.15, 0.2) is 91.0 Å². The molecule has 1 spiro atoms. The van der Waals surface area contributed by atoms with Gasteiger partial charge in [-0.1, -0.05) is 101 Å². The molecule has 308 valence electrons. The average molecular weight is 820 g/mol. The van der Waals surface area contributed by atoms with Gasteiger partial charge in [-0.25, -0.2) is 0 Å². The van der Waals surface area contributed by atoms with Crippen LogP contribution in [0.1, 0.15) is 77.0 Å². The van der Waals surface area contributed by atoms with Gasteiger partial charge in [0.25, 0.3) is 0 Å². The number of fused-ring (bicyclic) bond motifs is 2. The molecule has 3 aromatic carbocycles. The molecule has 7 rings (SSSR count). The molecule has 4 N–H and O–H groups in total. The van der Waals surface area contributed by atoms with Crippen molar-refractivity contribution >= 4 is 31.4 Å². The van der Waals surface area contributed by atoms with Crippen molar-refractivity contribution in [3.05, 3.63) is 115 Å². The molecule has 3 aliphatic heterocycles. The molecule has 3 heterocycles. The van der Waals surface area contributed by atoms with Crippen LogP contribution < -0.4 is 18.6 Å². The van der Waals surface area contributed by atoms with Crippen LogP contribution in [-0.4, -0.2) is 105 Å². The molecule has 56 heavy (non-hydrogen) atoms. The molecule has 0 radical (unpaired) electrons. The van der Waals surface area contributed by atoms with Crippen LogP contribution >= 0.6 is 0 Å². The summed E-state index contributed by atoms with van der Waals surface area (Å²) >= 11 is 0. The molecule has 4 aliphatic rings. The fraction of sp³-hybridized carbons (Fsp3) is 0.587. The molecule has 4 atom stereocenters. The van der Waals surface area contributed by atoms with Crippen molar-refractivity contribution < 1.29 is 36.2 Å². The number of nitrogens with zero attached hydrogens (tertiary/aromatic N) is 1. The second-order valence-corrected chi connectivity index (χ2v) is 21.3. The van der Waals surface area contributed by atoms with Crippen molar-refractivity contribution in [2.75, 3.05) is 46.1 Å². The van der Waals surface area contributed by atoms with E-state index in [1.165, 1.54) is 24.0 Å². The normalized spacial score (nSPS) is 24.3. The van der Waals surface area contributed by atoms with Crippen LogP contribution in [0.5, 0.6) is 0 Å². The van der Waals surface area contributed by atoms with Crippen molar-refractivity contribution in [1.82, 2.24) is 11.1 Å². The Balaban J connectivity index is 0.000000616. The minimum Gasteiger partial charge on any atom is -1.00 e. The molecule has 7 nitrogen and oxygen atoms in total. The number of ether oxygens (including phenoxy) is 3. The Labute approximate surface area is 363 Å². The number of aliphatic hydroxyl groups excluding tert-OH is 1. The number of halogens is 1. The Hall–Kier alpha value is -1.48. The third-order valence-corrected chi connectivity index (χ3v) is 16.7. The molecule has 1 aliphatic carbocycles. The Morgan fingerprint density at radius 3 is 1.75 bits per heavy atom. The van der Waals surface area contributed by atoms with Gasteiger partial charge in [-0.3, -0.25) is 0 Å². The van der Waals surface area contributed by atoms with E-state index in [1.54, 1.807) is 0 Å². The monoisotopic (exact) mass is 818 g/mol. The molecule has 4 fully saturated rings. The molecular formula is C46H71ClMgN2O5Si. The van der Waals surface area contributed by atoms with Gasteiger partial charge in [-0.15, -0.1) is 12.1 Å². The van der Waals surface area contributed by atoms with Crippen molar-refractivity contribution in [2.45, 2.75) is 109 Å². The molecular weight excluding hydrogens is 748 g/mol. The van der Waals surface area contributed by atoms with E-state index >= 15 is 0 Å². The Morgan fingerprint density at radius 1 is 0.786 bits per heavy atom. The van der Waals surface area contributed by atoms with Crippen LogP contribution in [0.25, 0.3) is 0 Å². The number of hydrogen-bond donors (Lipinski definition) is 2. The molecule has 3 unspecified atom stereocenters. The summed E-state index contributed by atoms with van der Waals surface area (Å²) in [6.45, 7) is 21.3. The molecule has 3 saturated heterocycles. The van der Waals surface area contributed by atoms with Crippen molar-refractivity contribution in [1.29, 1.82) is 0 Å². The van der Waals surface area contributed by atoms with Crippen LogP contribution in [0, 0.1) is 23.7 Å². The zero-order valence-electron chi connectivity index (χ0n) is 35.2. The van der Waals surface area contributed by atoms with E-state index in [1.807, 2.05) is 30.3 Å². The van der Waals surface area contributed by atoms with E-state index in [0.29, 0.717) is 32.0 Å². The SMILES string of the molecule is C1CCOC1.CC[Si](CC)(CC)OC1C2(Cc3ccccc3)CN(CC(C)C)CC1([C@H](O)Cc1ccccc1)CC1(C2)OCCO1.N.[CH2-]c1ccccc1.[Cl-].[Mg+2]. The van der Waals surface area contributed by atoms with Gasteiger partial charge in [-0.05, 0) is 60.9 Å². The fourth-order valence-electron chi connectivity index (χ4n) is 9.57. The minimum absolute atomic E-state index is 0. The average Bonchev–Trinajstić information content (AvgIpc) is 3.89. The summed E-state index contributed by atoms with van der Waals surface area (Å²) in [5.74, 6) is -0.140. The number of aliphatic hydroxyl groups is 1. The van der Waals surface area contributed by atoms with E-state index in [4.69, 9.17) is 18.6 Å². The van der Waals surface area contributed by atoms with Crippen LogP contribution in [-0.2, 0) is 31.5 Å². The van der Waals surface area contributed by atoms with Gasteiger partial charge in [0, 0.05) is 56.5 Å². The summed E-state index contributed by atoms with van der Waals surface area (Å²) in [6.07, 6.45) is 4.88. The predicted octanol–water partition coefficient (Wildman–Crippen LogP) is 6.16. The van der Waals surface area contributed by atoms with E-state index in [0.717, 1.165) is 69.4 Å². The van der Waals surface area contributed by atoms with E-state index in [9.17, 15) is 5.11 Å². The molecule has 10 heteroatoms. The van der Waals surface area contributed by atoms with E-state index in [2.05, 4.69) is 107 Å². The van der Waals surface area contributed by atoms with Gasteiger partial charge >= 0.3 is 23.1 Å². The van der Waals surface area contributed by atoms with Gasteiger partial charge in [0.2, 0.25) is 0 Å². The first-order valence-corrected chi connectivity index (χ1v) is 23.0. The molecule has 1 saturated carbocycles. The van der Waals surface area contributed by atoms with Crippen LogP contribution in [0.3, 0.4) is 0 Å². The number of piperidine rings is 1.